The number of aryl methyl sites for hydroxylation is 1. The van der Waals surface area contributed by atoms with Crippen molar-refractivity contribution in [2.45, 2.75) is 24.9 Å². The quantitative estimate of drug-likeness (QED) is 0.240. The minimum atomic E-state index is -0.427. The van der Waals surface area contributed by atoms with Crippen LogP contribution in [0.4, 0.5) is 5.69 Å². The van der Waals surface area contributed by atoms with Gasteiger partial charge in [0.25, 0.3) is 0 Å². The van der Waals surface area contributed by atoms with Crippen molar-refractivity contribution in [3.05, 3.63) is 173 Å². The zero-order valence-corrected chi connectivity index (χ0v) is 21.0. The normalized spacial score (nSPS) is 17.4. The zero-order valence-electron chi connectivity index (χ0n) is 21.0. The summed E-state index contributed by atoms with van der Waals surface area (Å²) in [4.78, 5) is 7.90. The van der Waals surface area contributed by atoms with Crippen LogP contribution in [0.5, 0.6) is 0 Å². The highest BCUT2D eigenvalue weighted by atomic mass is 15.3. The molecule has 0 aromatic heterocycles. The molecule has 1 heterocycles. The maximum Gasteiger partial charge on any atom is 0.123 e. The van der Waals surface area contributed by atoms with Crippen LogP contribution >= 0.6 is 0 Å². The molecule has 1 atom stereocenters. The Hall–Kier alpha value is -4.43. The van der Waals surface area contributed by atoms with Crippen molar-refractivity contribution in [3.8, 4) is 0 Å². The molecule has 1 fully saturated rings. The van der Waals surface area contributed by atoms with Crippen molar-refractivity contribution in [1.82, 2.24) is 4.90 Å². The van der Waals surface area contributed by atoms with E-state index in [-0.39, 0.29) is 6.04 Å². The van der Waals surface area contributed by atoms with Gasteiger partial charge in [0, 0.05) is 6.54 Å². The van der Waals surface area contributed by atoms with Crippen molar-refractivity contribution in [1.29, 1.82) is 0 Å². The van der Waals surface area contributed by atoms with Crippen LogP contribution < -0.4 is 0 Å². The number of nitrogens with zero attached hydrogens (tertiary/aromatic N) is 2. The zero-order chi connectivity index (χ0) is 25.1. The first-order valence-electron chi connectivity index (χ1n) is 12.9. The van der Waals surface area contributed by atoms with E-state index >= 15 is 0 Å². The Labute approximate surface area is 219 Å². The van der Waals surface area contributed by atoms with Crippen LogP contribution in [-0.2, 0) is 12.0 Å². The molecule has 2 nitrogen and oxygen atoms in total. The Morgan fingerprint density at radius 1 is 0.595 bits per heavy atom. The summed E-state index contributed by atoms with van der Waals surface area (Å²) in [7, 11) is 0. The van der Waals surface area contributed by atoms with E-state index in [2.05, 4.69) is 157 Å². The number of benzene rings is 5. The Morgan fingerprint density at radius 3 is 1.62 bits per heavy atom. The van der Waals surface area contributed by atoms with Crippen LogP contribution in [0.15, 0.2) is 151 Å². The first-order valence-corrected chi connectivity index (χ1v) is 12.9. The van der Waals surface area contributed by atoms with Crippen molar-refractivity contribution >= 4 is 11.5 Å². The molecule has 0 aliphatic carbocycles. The third-order valence-corrected chi connectivity index (χ3v) is 7.38. The van der Waals surface area contributed by atoms with Gasteiger partial charge in [0.1, 0.15) is 11.3 Å². The van der Waals surface area contributed by atoms with E-state index in [1.165, 1.54) is 27.8 Å². The van der Waals surface area contributed by atoms with Crippen LogP contribution in [0.3, 0.4) is 0 Å². The number of rotatable bonds is 6. The molecule has 0 amide bonds. The number of likely N-dealkylation sites (tertiary alicyclic amines) is 1. The largest absolute Gasteiger partial charge is 0.346 e. The lowest BCUT2D eigenvalue weighted by atomic mass is 9.59. The van der Waals surface area contributed by atoms with Gasteiger partial charge in [0.15, 0.2) is 0 Å². The summed E-state index contributed by atoms with van der Waals surface area (Å²) in [6.45, 7) is 2.90. The molecule has 1 aliphatic heterocycles. The first-order chi connectivity index (χ1) is 18.3. The van der Waals surface area contributed by atoms with Crippen LogP contribution in [0.1, 0.15) is 33.9 Å². The Kier molecular flexibility index (Phi) is 6.16. The van der Waals surface area contributed by atoms with E-state index in [4.69, 9.17) is 4.99 Å². The first kappa shape index (κ1) is 23.0. The third kappa shape index (κ3) is 4.15. The van der Waals surface area contributed by atoms with E-state index in [0.717, 1.165) is 18.1 Å². The number of hydrogen-bond acceptors (Lipinski definition) is 1. The van der Waals surface area contributed by atoms with Crippen molar-refractivity contribution in [2.75, 3.05) is 0 Å². The van der Waals surface area contributed by atoms with Crippen LogP contribution in [-0.4, -0.2) is 10.7 Å². The van der Waals surface area contributed by atoms with Gasteiger partial charge in [-0.3, -0.25) is 0 Å². The molecule has 5 aromatic rings. The molecule has 0 bridgehead atoms. The molecule has 0 N–H and O–H groups in total. The molecule has 0 saturated carbocycles. The van der Waals surface area contributed by atoms with E-state index in [1.807, 2.05) is 0 Å². The molecule has 1 unspecified atom stereocenters. The lowest BCUT2D eigenvalue weighted by Crippen LogP contribution is -2.66. The maximum absolute atomic E-state index is 5.41. The van der Waals surface area contributed by atoms with Crippen molar-refractivity contribution < 1.29 is 0 Å². The summed E-state index contributed by atoms with van der Waals surface area (Å²) in [5.74, 6) is 1.08. The predicted octanol–water partition coefficient (Wildman–Crippen LogP) is 8.27. The minimum absolute atomic E-state index is 0.0860. The molecule has 5 aromatic carbocycles. The highest BCUT2D eigenvalue weighted by molar-refractivity contribution is 6.05. The van der Waals surface area contributed by atoms with Crippen LogP contribution in [0.2, 0.25) is 0 Å². The summed E-state index contributed by atoms with van der Waals surface area (Å²) in [6.07, 6.45) is 0. The maximum atomic E-state index is 5.41. The molecule has 0 spiro atoms. The summed E-state index contributed by atoms with van der Waals surface area (Å²) in [5.41, 5.74) is 6.85. The standard InChI is InChI=1S/C35H30N2/c1-27-22-24-32(25-23-27)36-34-35(30-18-10-4-11-19-30,31-20-12-5-13-21-31)33(29-16-8-3-9-17-29)37(34)26-28-14-6-2-7-15-28/h2-25,33H,26H2,1H3. The lowest BCUT2D eigenvalue weighted by Gasteiger charge is -2.60. The van der Waals surface area contributed by atoms with Gasteiger partial charge in [-0.25, -0.2) is 4.99 Å². The molecular formula is C35H30N2. The van der Waals surface area contributed by atoms with Crippen LogP contribution in [0.25, 0.3) is 0 Å². The smallest absolute Gasteiger partial charge is 0.123 e. The van der Waals surface area contributed by atoms with Gasteiger partial charge in [-0.2, -0.15) is 0 Å². The third-order valence-electron chi connectivity index (χ3n) is 7.38. The summed E-state index contributed by atoms with van der Waals surface area (Å²) < 4.78 is 0. The SMILES string of the molecule is Cc1ccc(N=C2N(Cc3ccccc3)C(c3ccccc3)C2(c2ccccc2)c2ccccc2)cc1. The Bertz CT molecular complexity index is 1440. The average Bonchev–Trinajstić information content (AvgIpc) is 2.96. The van der Waals surface area contributed by atoms with E-state index < -0.39 is 5.41 Å². The molecule has 180 valence electrons. The fourth-order valence-corrected chi connectivity index (χ4v) is 5.69. The second-order valence-corrected chi connectivity index (χ2v) is 9.74. The monoisotopic (exact) mass is 478 g/mol. The lowest BCUT2D eigenvalue weighted by molar-refractivity contribution is 0.161. The second kappa shape index (κ2) is 9.91. The van der Waals surface area contributed by atoms with Gasteiger partial charge in [-0.05, 0) is 41.3 Å². The van der Waals surface area contributed by atoms with Gasteiger partial charge < -0.3 is 4.90 Å². The van der Waals surface area contributed by atoms with Gasteiger partial charge in [0.2, 0.25) is 0 Å². The predicted molar refractivity (Wildman–Crippen MR) is 153 cm³/mol. The molecular weight excluding hydrogens is 448 g/mol. The van der Waals surface area contributed by atoms with Gasteiger partial charge in [-0.15, -0.1) is 0 Å². The van der Waals surface area contributed by atoms with Crippen molar-refractivity contribution in [2.24, 2.45) is 4.99 Å². The highest BCUT2D eigenvalue weighted by Crippen LogP contribution is 2.57. The Morgan fingerprint density at radius 2 is 1.08 bits per heavy atom. The highest BCUT2D eigenvalue weighted by Gasteiger charge is 2.60. The second-order valence-electron chi connectivity index (χ2n) is 9.74. The summed E-state index contributed by atoms with van der Waals surface area (Å²) >= 11 is 0. The van der Waals surface area contributed by atoms with Crippen molar-refractivity contribution in [3.63, 3.8) is 0 Å². The van der Waals surface area contributed by atoms with Gasteiger partial charge in [0.05, 0.1) is 11.7 Å². The van der Waals surface area contributed by atoms with E-state index in [9.17, 15) is 0 Å². The minimum Gasteiger partial charge on any atom is -0.346 e. The molecule has 0 radical (unpaired) electrons. The molecule has 6 rings (SSSR count). The molecule has 1 saturated heterocycles. The summed E-state index contributed by atoms with van der Waals surface area (Å²) in [5, 5.41) is 0. The Balaban J connectivity index is 1.63. The van der Waals surface area contributed by atoms with Gasteiger partial charge >= 0.3 is 0 Å². The molecule has 37 heavy (non-hydrogen) atoms. The topological polar surface area (TPSA) is 15.6 Å². The van der Waals surface area contributed by atoms with E-state index in [1.54, 1.807) is 0 Å². The number of amidine groups is 1. The van der Waals surface area contributed by atoms with E-state index in [0.29, 0.717) is 0 Å². The molecule has 1 aliphatic rings. The molecule has 2 heteroatoms. The fourth-order valence-electron chi connectivity index (χ4n) is 5.69. The fraction of sp³-hybridized carbons (Fsp3) is 0.114. The number of aliphatic imine (C=N–C) groups is 1. The van der Waals surface area contributed by atoms with Crippen LogP contribution in [0, 0.1) is 6.92 Å². The average molecular weight is 479 g/mol. The number of hydrogen-bond donors (Lipinski definition) is 0. The van der Waals surface area contributed by atoms with Gasteiger partial charge in [-0.1, -0.05) is 139 Å². The summed E-state index contributed by atoms with van der Waals surface area (Å²) in [6, 6.07) is 52.0.